The number of ether oxygens (including phenoxy) is 1. The van der Waals surface area contributed by atoms with Crippen molar-refractivity contribution in [1.82, 2.24) is 0 Å². The first-order chi connectivity index (χ1) is 10.8. The van der Waals surface area contributed by atoms with Crippen molar-refractivity contribution in [1.29, 1.82) is 0 Å². The van der Waals surface area contributed by atoms with Gasteiger partial charge in [-0.15, -0.1) is 0 Å². The van der Waals surface area contributed by atoms with Gasteiger partial charge < -0.3 is 9.64 Å². The van der Waals surface area contributed by atoms with Crippen molar-refractivity contribution in [2.75, 3.05) is 23.5 Å². The van der Waals surface area contributed by atoms with E-state index in [4.69, 9.17) is 16.3 Å². The molecule has 9 heteroatoms. The first kappa shape index (κ1) is 16.6. The number of fused-ring (bicyclic) bond motifs is 1. The smallest absolute Gasteiger partial charge is 0.244 e. The highest BCUT2D eigenvalue weighted by Crippen LogP contribution is 2.42. The van der Waals surface area contributed by atoms with Crippen molar-refractivity contribution in [2.24, 2.45) is 4.99 Å². The summed E-state index contributed by atoms with van der Waals surface area (Å²) in [6, 6.07) is 4.95. The summed E-state index contributed by atoms with van der Waals surface area (Å²) in [6.07, 6.45) is 0. The summed E-state index contributed by atoms with van der Waals surface area (Å²) in [5.74, 6) is 0.355. The van der Waals surface area contributed by atoms with E-state index in [-0.39, 0.29) is 28.7 Å². The van der Waals surface area contributed by atoms with E-state index < -0.39 is 9.84 Å². The Morgan fingerprint density at radius 2 is 2.17 bits per heavy atom. The number of methoxy groups -OCH3 is 1. The number of carbonyl (C=O) groups is 1. The number of nitrogens with zero attached hydrogens (tertiary/aromatic N) is 2. The molecule has 124 valence electrons. The lowest BCUT2D eigenvalue weighted by atomic mass is 10.2. The molecule has 2 heterocycles. The van der Waals surface area contributed by atoms with Crippen LogP contribution in [0.2, 0.25) is 5.02 Å². The average molecular weight is 375 g/mol. The molecule has 0 aliphatic carbocycles. The molecule has 2 atom stereocenters. The van der Waals surface area contributed by atoms with Crippen molar-refractivity contribution in [2.45, 2.75) is 18.2 Å². The third-order valence-corrected chi connectivity index (χ3v) is 7.24. The number of thioether (sulfide) groups is 1. The van der Waals surface area contributed by atoms with Crippen LogP contribution in [0.1, 0.15) is 6.92 Å². The molecule has 1 aromatic rings. The molecule has 0 unspecified atom stereocenters. The van der Waals surface area contributed by atoms with Crippen LogP contribution in [0.5, 0.6) is 5.75 Å². The Labute approximate surface area is 143 Å². The van der Waals surface area contributed by atoms with Crippen molar-refractivity contribution in [3.05, 3.63) is 23.2 Å². The van der Waals surface area contributed by atoms with E-state index in [2.05, 4.69) is 4.99 Å². The molecule has 1 aromatic carbocycles. The van der Waals surface area contributed by atoms with Crippen LogP contribution >= 0.6 is 23.4 Å². The zero-order chi connectivity index (χ0) is 16.8. The summed E-state index contributed by atoms with van der Waals surface area (Å²) in [7, 11) is -1.56. The number of benzene rings is 1. The fraction of sp³-hybridized carbons (Fsp3) is 0.429. The maximum atomic E-state index is 11.9. The van der Waals surface area contributed by atoms with Crippen LogP contribution in [0, 0.1) is 0 Å². The molecule has 2 aliphatic rings. The minimum atomic E-state index is -3.08. The lowest BCUT2D eigenvalue weighted by Gasteiger charge is -2.24. The van der Waals surface area contributed by atoms with Crippen LogP contribution in [0.4, 0.5) is 5.69 Å². The van der Waals surface area contributed by atoms with E-state index in [0.717, 1.165) is 0 Å². The van der Waals surface area contributed by atoms with Gasteiger partial charge >= 0.3 is 0 Å². The van der Waals surface area contributed by atoms with Gasteiger partial charge in [0.1, 0.15) is 5.75 Å². The SMILES string of the molecule is COc1ccc(N2C(=NC(C)=O)S[C@@H]3CS(=O)(=O)C[C@@H]32)cc1Cl. The Morgan fingerprint density at radius 3 is 2.78 bits per heavy atom. The minimum Gasteiger partial charge on any atom is -0.495 e. The normalized spacial score (nSPS) is 27.3. The summed E-state index contributed by atoms with van der Waals surface area (Å²) >= 11 is 7.51. The number of anilines is 1. The van der Waals surface area contributed by atoms with Gasteiger partial charge in [-0.1, -0.05) is 23.4 Å². The van der Waals surface area contributed by atoms with Gasteiger partial charge in [0.25, 0.3) is 0 Å². The van der Waals surface area contributed by atoms with Crippen LogP contribution in [0.25, 0.3) is 0 Å². The quantitative estimate of drug-likeness (QED) is 0.787. The number of amidine groups is 1. The topological polar surface area (TPSA) is 76.0 Å². The van der Waals surface area contributed by atoms with E-state index in [1.807, 2.05) is 0 Å². The van der Waals surface area contributed by atoms with Crippen LogP contribution in [-0.2, 0) is 14.6 Å². The van der Waals surface area contributed by atoms with Gasteiger partial charge in [-0.3, -0.25) is 4.79 Å². The highest BCUT2D eigenvalue weighted by atomic mass is 35.5. The largest absolute Gasteiger partial charge is 0.495 e. The van der Waals surface area contributed by atoms with Gasteiger partial charge in [0.05, 0.1) is 29.7 Å². The number of hydrogen-bond donors (Lipinski definition) is 0. The summed E-state index contributed by atoms with van der Waals surface area (Å²) in [4.78, 5) is 17.2. The highest BCUT2D eigenvalue weighted by molar-refractivity contribution is 8.16. The molecule has 0 radical (unpaired) electrons. The third kappa shape index (κ3) is 3.20. The highest BCUT2D eigenvalue weighted by Gasteiger charge is 2.49. The number of amides is 1. The molecule has 2 saturated heterocycles. The van der Waals surface area contributed by atoms with E-state index in [0.29, 0.717) is 21.6 Å². The molecule has 0 bridgehead atoms. The first-order valence-corrected chi connectivity index (χ1v) is 9.98. The lowest BCUT2D eigenvalue weighted by molar-refractivity contribution is -0.115. The summed E-state index contributed by atoms with van der Waals surface area (Å²) < 4.78 is 29.0. The van der Waals surface area contributed by atoms with E-state index in [1.54, 1.807) is 23.1 Å². The van der Waals surface area contributed by atoms with E-state index >= 15 is 0 Å². The molecule has 6 nitrogen and oxygen atoms in total. The zero-order valence-electron chi connectivity index (χ0n) is 12.5. The molecule has 0 saturated carbocycles. The molecule has 0 aromatic heterocycles. The van der Waals surface area contributed by atoms with Crippen LogP contribution < -0.4 is 9.64 Å². The summed E-state index contributed by atoms with van der Waals surface area (Å²) in [5.41, 5.74) is 0.702. The Bertz CT molecular complexity index is 794. The Kier molecular flexibility index (Phi) is 4.33. The molecular formula is C14H15ClN2O4S2. The molecule has 0 spiro atoms. The van der Waals surface area contributed by atoms with Gasteiger partial charge in [0.15, 0.2) is 15.0 Å². The third-order valence-electron chi connectivity index (χ3n) is 3.73. The molecule has 0 N–H and O–H groups in total. The molecule has 2 aliphatic heterocycles. The lowest BCUT2D eigenvalue weighted by Crippen LogP contribution is -2.37. The number of halogens is 1. The number of aliphatic imine (C=N–C) groups is 1. The number of hydrogen-bond acceptors (Lipinski definition) is 5. The monoisotopic (exact) mass is 374 g/mol. The van der Waals surface area contributed by atoms with Crippen molar-refractivity contribution < 1.29 is 17.9 Å². The number of carbonyl (C=O) groups excluding carboxylic acids is 1. The average Bonchev–Trinajstić information content (AvgIpc) is 2.88. The van der Waals surface area contributed by atoms with Gasteiger partial charge in [0, 0.05) is 17.9 Å². The fourth-order valence-corrected chi connectivity index (χ4v) is 7.02. The molecule has 2 fully saturated rings. The van der Waals surface area contributed by atoms with Crippen LogP contribution in [0.3, 0.4) is 0 Å². The van der Waals surface area contributed by atoms with E-state index in [9.17, 15) is 13.2 Å². The molecular weight excluding hydrogens is 360 g/mol. The molecule has 3 rings (SSSR count). The minimum absolute atomic E-state index is 0.0469. The second kappa shape index (κ2) is 5.99. The maximum Gasteiger partial charge on any atom is 0.244 e. The van der Waals surface area contributed by atoms with Crippen molar-refractivity contribution in [3.8, 4) is 5.75 Å². The Morgan fingerprint density at radius 1 is 1.43 bits per heavy atom. The van der Waals surface area contributed by atoms with Gasteiger partial charge in [-0.25, -0.2) is 8.42 Å². The first-order valence-electron chi connectivity index (χ1n) is 6.90. The molecule has 1 amide bonds. The molecule has 23 heavy (non-hydrogen) atoms. The second-order valence-corrected chi connectivity index (χ2v) is 9.17. The Hall–Kier alpha value is -1.25. The van der Waals surface area contributed by atoms with Gasteiger partial charge in [0.2, 0.25) is 5.91 Å². The summed E-state index contributed by atoms with van der Waals surface area (Å²) in [6.45, 7) is 1.37. The number of sulfone groups is 1. The van der Waals surface area contributed by atoms with Crippen molar-refractivity contribution >= 4 is 50.0 Å². The second-order valence-electron chi connectivity index (χ2n) is 5.40. The van der Waals surface area contributed by atoms with Crippen LogP contribution in [-0.4, -0.2) is 49.4 Å². The Balaban J connectivity index is 2.04. The zero-order valence-corrected chi connectivity index (χ0v) is 14.9. The summed E-state index contributed by atoms with van der Waals surface area (Å²) in [5, 5.41) is 0.809. The predicted octanol–water partition coefficient (Wildman–Crippen LogP) is 1.97. The fourth-order valence-electron chi connectivity index (χ4n) is 2.81. The predicted molar refractivity (Wildman–Crippen MR) is 92.4 cm³/mol. The van der Waals surface area contributed by atoms with Gasteiger partial charge in [-0.2, -0.15) is 4.99 Å². The van der Waals surface area contributed by atoms with Crippen LogP contribution in [0.15, 0.2) is 23.2 Å². The van der Waals surface area contributed by atoms with E-state index in [1.165, 1.54) is 25.8 Å². The number of rotatable bonds is 2. The van der Waals surface area contributed by atoms with Gasteiger partial charge in [-0.05, 0) is 18.2 Å². The maximum absolute atomic E-state index is 11.9. The van der Waals surface area contributed by atoms with Crippen molar-refractivity contribution in [3.63, 3.8) is 0 Å². The standard InChI is InChI=1S/C14H15ClN2O4S2/c1-8(18)16-14-17(9-3-4-12(21-2)10(15)5-9)11-6-23(19,20)7-13(11)22-14/h3-5,11,13H,6-7H2,1-2H3/t11-,13+/m0/s1.